The third-order valence-corrected chi connectivity index (χ3v) is 8.33. The Hall–Kier alpha value is -1.22. The number of carbonyl (C=O) groups is 2. The number of aliphatic hydroxyl groups is 4. The van der Waals surface area contributed by atoms with Crippen LogP contribution in [0.15, 0.2) is 0 Å². The van der Waals surface area contributed by atoms with E-state index in [1.807, 2.05) is 0 Å². The summed E-state index contributed by atoms with van der Waals surface area (Å²) >= 11 is 0. The van der Waals surface area contributed by atoms with E-state index in [2.05, 4.69) is 13.8 Å². The molecule has 0 saturated heterocycles. The van der Waals surface area contributed by atoms with Gasteiger partial charge in [0.1, 0.15) is 0 Å². The number of rotatable bonds is 33. The highest BCUT2D eigenvalue weighted by Gasteiger charge is 2.12. The van der Waals surface area contributed by atoms with E-state index in [1.54, 1.807) is 0 Å². The molecular weight excluding hydrogens is 584 g/mol. The van der Waals surface area contributed by atoms with Crippen LogP contribution in [0.25, 0.3) is 0 Å². The summed E-state index contributed by atoms with van der Waals surface area (Å²) in [6.07, 6.45) is 34.5. The highest BCUT2D eigenvalue weighted by molar-refractivity contribution is 5.72. The molecule has 0 heterocycles. The van der Waals surface area contributed by atoms with Crippen LogP contribution in [0.4, 0.5) is 0 Å². The van der Waals surface area contributed by atoms with E-state index in [0.29, 0.717) is 12.8 Å². The van der Waals surface area contributed by atoms with Gasteiger partial charge in [0.2, 0.25) is 0 Å². The first-order chi connectivity index (χ1) is 22.3. The highest BCUT2D eigenvalue weighted by Crippen LogP contribution is 2.15. The van der Waals surface area contributed by atoms with Crippen LogP contribution >= 0.6 is 0 Å². The van der Waals surface area contributed by atoms with E-state index in [4.69, 9.17) is 30.6 Å². The topological polar surface area (TPSA) is 156 Å². The van der Waals surface area contributed by atoms with Gasteiger partial charge in [0.15, 0.2) is 12.2 Å². The van der Waals surface area contributed by atoms with Gasteiger partial charge in [-0.2, -0.15) is 0 Å². The molecule has 0 aromatic heterocycles. The van der Waals surface area contributed by atoms with Crippen molar-refractivity contribution in [2.45, 2.75) is 219 Å². The Labute approximate surface area is 283 Å². The summed E-state index contributed by atoms with van der Waals surface area (Å²) in [6.45, 7) is 4.27. The lowest BCUT2D eigenvalue weighted by Crippen LogP contribution is -2.18. The lowest BCUT2D eigenvalue weighted by Gasteiger charge is -2.05. The predicted octanol–water partition coefficient (Wildman–Crippen LogP) is 9.58. The first-order valence-electron chi connectivity index (χ1n) is 19.3. The van der Waals surface area contributed by atoms with Crippen LogP contribution in [-0.4, -0.2) is 68.0 Å². The molecule has 0 radical (unpaired) electrons. The monoisotopic (exact) mass is 663 g/mol. The third kappa shape index (κ3) is 47.2. The Morgan fingerprint density at radius 3 is 0.696 bits per heavy atom. The molecule has 0 saturated carbocycles. The minimum Gasteiger partial charge on any atom is -0.479 e. The molecule has 2 unspecified atom stereocenters. The Bertz CT molecular complexity index is 537. The van der Waals surface area contributed by atoms with Crippen molar-refractivity contribution in [2.75, 3.05) is 13.2 Å². The van der Waals surface area contributed by atoms with Crippen molar-refractivity contribution in [3.63, 3.8) is 0 Å². The Morgan fingerprint density at radius 2 is 0.543 bits per heavy atom. The number of hydrogen-bond donors (Lipinski definition) is 6. The van der Waals surface area contributed by atoms with Crippen LogP contribution in [-0.2, 0) is 9.59 Å². The van der Waals surface area contributed by atoms with Crippen LogP contribution in [0.3, 0.4) is 0 Å². The van der Waals surface area contributed by atoms with Crippen molar-refractivity contribution in [1.29, 1.82) is 0 Å². The van der Waals surface area contributed by atoms with Gasteiger partial charge in [0, 0.05) is 0 Å². The maximum absolute atomic E-state index is 10.4. The van der Waals surface area contributed by atoms with Crippen LogP contribution < -0.4 is 0 Å². The molecule has 0 aromatic carbocycles. The second-order valence-electron chi connectivity index (χ2n) is 12.9. The molecular formula is C38H78O8. The van der Waals surface area contributed by atoms with Crippen LogP contribution in [0.5, 0.6) is 0 Å². The van der Waals surface area contributed by atoms with Gasteiger partial charge in [-0.1, -0.05) is 194 Å². The first kappa shape index (κ1) is 49.2. The number of hydrogen-bond acceptors (Lipinski definition) is 6. The number of unbranched alkanes of at least 4 members (excludes halogenated alkanes) is 26. The van der Waals surface area contributed by atoms with Gasteiger partial charge < -0.3 is 30.6 Å². The van der Waals surface area contributed by atoms with Gasteiger partial charge in [-0.15, -0.1) is 0 Å². The van der Waals surface area contributed by atoms with E-state index < -0.39 is 24.1 Å². The highest BCUT2D eigenvalue weighted by atomic mass is 16.4. The summed E-state index contributed by atoms with van der Waals surface area (Å²) in [6, 6.07) is 0. The van der Waals surface area contributed by atoms with E-state index in [0.717, 1.165) is 25.7 Å². The van der Waals surface area contributed by atoms with Crippen LogP contribution in [0, 0.1) is 0 Å². The average molecular weight is 663 g/mol. The fourth-order valence-corrected chi connectivity index (χ4v) is 5.31. The molecule has 278 valence electrons. The average Bonchev–Trinajstić information content (AvgIpc) is 3.05. The normalized spacial score (nSPS) is 12.0. The van der Waals surface area contributed by atoms with Crippen molar-refractivity contribution in [1.82, 2.24) is 0 Å². The van der Waals surface area contributed by atoms with Gasteiger partial charge >= 0.3 is 11.9 Å². The molecule has 2 atom stereocenters. The van der Waals surface area contributed by atoms with Crippen molar-refractivity contribution in [2.24, 2.45) is 0 Å². The molecule has 0 aliphatic carbocycles. The van der Waals surface area contributed by atoms with Crippen molar-refractivity contribution in [3.8, 4) is 0 Å². The molecule has 46 heavy (non-hydrogen) atoms. The fourth-order valence-electron chi connectivity index (χ4n) is 5.31. The number of aliphatic carboxylic acids is 2. The quantitative estimate of drug-likeness (QED) is 0.0380. The molecule has 0 spiro atoms. The molecule has 8 heteroatoms. The van der Waals surface area contributed by atoms with Gasteiger partial charge in [-0.3, -0.25) is 0 Å². The summed E-state index contributed by atoms with van der Waals surface area (Å²) in [5, 5.41) is 50.6. The molecule has 8 nitrogen and oxygen atoms in total. The zero-order chi connectivity index (χ0) is 34.9. The number of carboxylic acids is 2. The lowest BCUT2D eigenvalue weighted by molar-refractivity contribution is -0.147. The maximum Gasteiger partial charge on any atom is 0.332 e. The SMILES string of the molecule is CCCCCCCCCCCCCCCCC(O)C(=O)O.CCCCCCCCCCCCCCCCC(O)C(=O)O.OCCO. The first-order valence-corrected chi connectivity index (χ1v) is 19.3. The molecule has 0 rings (SSSR count). The lowest BCUT2D eigenvalue weighted by atomic mass is 10.0. The second kappa shape index (κ2) is 43.8. The molecule has 0 aromatic rings. The summed E-state index contributed by atoms with van der Waals surface area (Å²) in [7, 11) is 0. The molecule has 0 aliphatic rings. The fraction of sp³-hybridized carbons (Fsp3) is 0.947. The standard InChI is InChI=1S/2C18H36O3.C2H6O2/c2*1-2-3-4-5-6-7-8-9-10-11-12-13-14-15-16-17(19)18(20)21;3-1-2-4/h2*17,19H,2-16H2,1H3,(H,20,21);3-4H,1-2H2. The molecule has 0 amide bonds. The largest absolute Gasteiger partial charge is 0.479 e. The minimum atomic E-state index is -1.16. The van der Waals surface area contributed by atoms with Gasteiger partial charge in [0.05, 0.1) is 13.2 Å². The number of aliphatic hydroxyl groups excluding tert-OH is 4. The summed E-state index contributed by atoms with van der Waals surface area (Å²) in [4.78, 5) is 20.8. The molecule has 0 bridgehead atoms. The Morgan fingerprint density at radius 1 is 0.370 bits per heavy atom. The molecule has 6 N–H and O–H groups in total. The van der Waals surface area contributed by atoms with Gasteiger partial charge in [0.25, 0.3) is 0 Å². The van der Waals surface area contributed by atoms with Crippen LogP contribution in [0.1, 0.15) is 206 Å². The minimum absolute atomic E-state index is 0.125. The zero-order valence-electron chi connectivity index (χ0n) is 30.3. The van der Waals surface area contributed by atoms with E-state index in [1.165, 1.54) is 154 Å². The number of carboxylic acid groups (broad SMARTS) is 2. The zero-order valence-corrected chi connectivity index (χ0v) is 30.3. The van der Waals surface area contributed by atoms with Crippen molar-refractivity contribution in [3.05, 3.63) is 0 Å². The second-order valence-corrected chi connectivity index (χ2v) is 12.9. The van der Waals surface area contributed by atoms with E-state index >= 15 is 0 Å². The van der Waals surface area contributed by atoms with Gasteiger partial charge in [-0.05, 0) is 12.8 Å². The maximum atomic E-state index is 10.4. The Kier molecular flexibility index (Phi) is 46.8. The molecule has 0 fully saturated rings. The van der Waals surface area contributed by atoms with Crippen molar-refractivity contribution >= 4 is 11.9 Å². The summed E-state index contributed by atoms with van der Waals surface area (Å²) in [5.74, 6) is -2.19. The third-order valence-electron chi connectivity index (χ3n) is 8.33. The smallest absolute Gasteiger partial charge is 0.332 e. The summed E-state index contributed by atoms with van der Waals surface area (Å²) in [5.41, 5.74) is 0. The predicted molar refractivity (Wildman–Crippen MR) is 191 cm³/mol. The molecule has 0 aliphatic heterocycles. The van der Waals surface area contributed by atoms with Gasteiger partial charge in [-0.25, -0.2) is 9.59 Å². The van der Waals surface area contributed by atoms with E-state index in [9.17, 15) is 9.59 Å². The summed E-state index contributed by atoms with van der Waals surface area (Å²) < 4.78 is 0. The van der Waals surface area contributed by atoms with Crippen molar-refractivity contribution < 1.29 is 40.2 Å². The van der Waals surface area contributed by atoms with E-state index in [-0.39, 0.29) is 13.2 Å². The van der Waals surface area contributed by atoms with Crippen LogP contribution in [0.2, 0.25) is 0 Å². The Balaban J connectivity index is -0.000000719.